The number of nitrogens with one attached hydrogen (secondary N) is 1. The lowest BCUT2D eigenvalue weighted by atomic mass is 10.0. The number of likely N-dealkylation sites (N-methyl/N-ethyl adjacent to an activating group) is 1. The van der Waals surface area contributed by atoms with Crippen LogP contribution in [-0.4, -0.2) is 55.9 Å². The minimum atomic E-state index is -0.601. The number of rotatable bonds is 25. The summed E-state index contributed by atoms with van der Waals surface area (Å²) in [5.74, 6) is -0.0165. The molecule has 0 heterocycles. The molecular weight excluding hydrogens is 512 g/mol. The number of carbonyl (C=O) groups is 2. The third-order valence-electron chi connectivity index (χ3n) is 8.57. The second kappa shape index (κ2) is 23.5. The van der Waals surface area contributed by atoms with E-state index in [2.05, 4.69) is 26.1 Å². The molecule has 0 aromatic heterocycles. The predicted octanol–water partition coefficient (Wildman–Crippen LogP) is 9.51. The number of aryl methyl sites for hydroxylation is 2. The van der Waals surface area contributed by atoms with Crippen LogP contribution in [0.15, 0.2) is 18.2 Å². The van der Waals surface area contributed by atoms with Crippen LogP contribution in [-0.2, 0) is 14.3 Å². The van der Waals surface area contributed by atoms with Crippen molar-refractivity contribution < 1.29 is 23.5 Å². The van der Waals surface area contributed by atoms with Crippen LogP contribution in [0.1, 0.15) is 135 Å². The van der Waals surface area contributed by atoms with Crippen molar-refractivity contribution in [3.63, 3.8) is 0 Å². The molecule has 0 radical (unpaired) electrons. The zero-order valence-corrected chi connectivity index (χ0v) is 27.4. The van der Waals surface area contributed by atoms with Crippen LogP contribution >= 0.6 is 0 Å². The SMILES string of the molecule is CCCCCCCCCCCCCCCCCCOC(=O)OCC[N+](CC)(CC)CC(=O)Nc1c(C)cccc1C. The number of para-hydroxylation sites is 1. The molecule has 236 valence electrons. The van der Waals surface area contributed by atoms with Gasteiger partial charge < -0.3 is 19.3 Å². The highest BCUT2D eigenvalue weighted by atomic mass is 16.7. The average Bonchev–Trinajstić information content (AvgIpc) is 2.96. The van der Waals surface area contributed by atoms with Crippen LogP contribution in [0.2, 0.25) is 0 Å². The Labute approximate surface area is 252 Å². The number of unbranched alkanes of at least 4 members (excludes halogenated alkanes) is 15. The standard InChI is InChI=1S/C35H62N2O4/c1-6-9-10-11-12-13-14-15-16-17-18-19-20-21-22-23-28-40-35(39)41-29-27-37(7-2,8-3)30-33(38)36-34-31(4)25-24-26-32(34)5/h24-26H,6-23,27-30H2,1-5H3/p+1. The number of ether oxygens (including phenoxy) is 2. The summed E-state index contributed by atoms with van der Waals surface area (Å²) in [5, 5.41) is 3.09. The van der Waals surface area contributed by atoms with E-state index in [-0.39, 0.29) is 12.5 Å². The second-order valence-corrected chi connectivity index (χ2v) is 11.9. The van der Waals surface area contributed by atoms with Gasteiger partial charge >= 0.3 is 6.16 Å². The van der Waals surface area contributed by atoms with Crippen LogP contribution in [0.5, 0.6) is 0 Å². The first kappa shape index (κ1) is 36.9. The number of nitrogens with zero attached hydrogens (tertiary/aromatic N) is 1. The molecule has 6 nitrogen and oxygen atoms in total. The van der Waals surface area contributed by atoms with E-state index in [0.29, 0.717) is 24.2 Å². The van der Waals surface area contributed by atoms with Crippen molar-refractivity contribution in [1.29, 1.82) is 0 Å². The van der Waals surface area contributed by atoms with Gasteiger partial charge in [0.05, 0.1) is 19.7 Å². The fraction of sp³-hybridized carbons (Fsp3) is 0.771. The molecule has 0 fully saturated rings. The van der Waals surface area contributed by atoms with Crippen LogP contribution in [0.4, 0.5) is 10.5 Å². The summed E-state index contributed by atoms with van der Waals surface area (Å²) in [5.41, 5.74) is 3.00. The quantitative estimate of drug-likeness (QED) is 0.0716. The van der Waals surface area contributed by atoms with Gasteiger partial charge in [0, 0.05) is 5.69 Å². The molecule has 0 aliphatic heterocycles. The predicted molar refractivity (Wildman–Crippen MR) is 172 cm³/mol. The third kappa shape index (κ3) is 17.5. The molecule has 1 aromatic carbocycles. The molecular formula is C35H63N2O4+. The lowest BCUT2D eigenvalue weighted by Crippen LogP contribution is -2.54. The van der Waals surface area contributed by atoms with Gasteiger partial charge in [-0.3, -0.25) is 4.79 Å². The summed E-state index contributed by atoms with van der Waals surface area (Å²) < 4.78 is 11.2. The Hall–Kier alpha value is -2.08. The molecule has 1 N–H and O–H groups in total. The smallest absolute Gasteiger partial charge is 0.434 e. The van der Waals surface area contributed by atoms with Crippen molar-refractivity contribution in [2.75, 3.05) is 44.7 Å². The zero-order valence-electron chi connectivity index (χ0n) is 27.4. The maximum atomic E-state index is 12.9. The molecule has 0 saturated heterocycles. The van der Waals surface area contributed by atoms with E-state index in [9.17, 15) is 9.59 Å². The number of amides is 1. The first-order valence-electron chi connectivity index (χ1n) is 16.9. The van der Waals surface area contributed by atoms with Crippen molar-refractivity contribution >= 4 is 17.7 Å². The Bertz CT molecular complexity index is 802. The van der Waals surface area contributed by atoms with Crippen molar-refractivity contribution in [2.24, 2.45) is 0 Å². The van der Waals surface area contributed by atoms with Gasteiger partial charge in [-0.2, -0.15) is 0 Å². The van der Waals surface area contributed by atoms with Crippen molar-refractivity contribution in [3.05, 3.63) is 29.3 Å². The Kier molecular flexibility index (Phi) is 21.2. The van der Waals surface area contributed by atoms with E-state index in [4.69, 9.17) is 9.47 Å². The van der Waals surface area contributed by atoms with Crippen molar-refractivity contribution in [1.82, 2.24) is 0 Å². The van der Waals surface area contributed by atoms with E-state index >= 15 is 0 Å². The van der Waals surface area contributed by atoms with Gasteiger partial charge in [0.25, 0.3) is 5.91 Å². The van der Waals surface area contributed by atoms with Gasteiger partial charge in [-0.15, -0.1) is 0 Å². The number of quaternary nitrogens is 1. The number of anilines is 1. The molecule has 0 unspecified atom stereocenters. The van der Waals surface area contributed by atoms with E-state index in [0.717, 1.165) is 42.7 Å². The van der Waals surface area contributed by atoms with Crippen molar-refractivity contribution in [2.45, 2.75) is 137 Å². The highest BCUT2D eigenvalue weighted by Crippen LogP contribution is 2.20. The molecule has 0 bridgehead atoms. The van der Waals surface area contributed by atoms with Gasteiger partial charge in [-0.1, -0.05) is 121 Å². The lowest BCUT2D eigenvalue weighted by Gasteiger charge is -2.35. The first-order chi connectivity index (χ1) is 19.9. The largest absolute Gasteiger partial charge is 0.508 e. The molecule has 0 aliphatic carbocycles. The normalized spacial score (nSPS) is 11.4. The Morgan fingerprint density at radius 3 is 1.56 bits per heavy atom. The number of hydrogen-bond donors (Lipinski definition) is 1. The summed E-state index contributed by atoms with van der Waals surface area (Å²) in [6.45, 7) is 13.6. The van der Waals surface area contributed by atoms with Crippen LogP contribution in [0.3, 0.4) is 0 Å². The zero-order chi connectivity index (χ0) is 30.2. The van der Waals surface area contributed by atoms with Gasteiger partial charge in [-0.05, 0) is 45.2 Å². The maximum absolute atomic E-state index is 12.9. The van der Waals surface area contributed by atoms with Crippen LogP contribution in [0.25, 0.3) is 0 Å². The monoisotopic (exact) mass is 575 g/mol. The van der Waals surface area contributed by atoms with Gasteiger partial charge in [0.2, 0.25) is 0 Å². The Balaban J connectivity index is 2.07. The fourth-order valence-electron chi connectivity index (χ4n) is 5.51. The summed E-state index contributed by atoms with van der Waals surface area (Å²) in [7, 11) is 0. The molecule has 1 rings (SSSR count). The van der Waals surface area contributed by atoms with E-state index < -0.39 is 6.16 Å². The molecule has 0 saturated carbocycles. The molecule has 41 heavy (non-hydrogen) atoms. The Morgan fingerprint density at radius 2 is 1.10 bits per heavy atom. The van der Waals surface area contributed by atoms with E-state index in [1.54, 1.807) is 0 Å². The molecule has 6 heteroatoms. The van der Waals surface area contributed by atoms with Gasteiger partial charge in [0.1, 0.15) is 13.2 Å². The summed E-state index contributed by atoms with van der Waals surface area (Å²) in [6.07, 6.45) is 20.5. The van der Waals surface area contributed by atoms with E-state index in [1.807, 2.05) is 32.0 Å². The summed E-state index contributed by atoms with van der Waals surface area (Å²) >= 11 is 0. The molecule has 0 aliphatic rings. The topological polar surface area (TPSA) is 64.6 Å². The fourth-order valence-corrected chi connectivity index (χ4v) is 5.51. The number of benzene rings is 1. The van der Waals surface area contributed by atoms with Crippen LogP contribution in [0, 0.1) is 13.8 Å². The third-order valence-corrected chi connectivity index (χ3v) is 8.57. The minimum Gasteiger partial charge on any atom is -0.434 e. The number of hydrogen-bond acceptors (Lipinski definition) is 4. The highest BCUT2D eigenvalue weighted by molar-refractivity contribution is 5.93. The highest BCUT2D eigenvalue weighted by Gasteiger charge is 2.28. The van der Waals surface area contributed by atoms with Crippen LogP contribution < -0.4 is 5.32 Å². The maximum Gasteiger partial charge on any atom is 0.508 e. The second-order valence-electron chi connectivity index (χ2n) is 11.9. The molecule has 1 amide bonds. The summed E-state index contributed by atoms with van der Waals surface area (Å²) in [4.78, 5) is 24.9. The van der Waals surface area contributed by atoms with Gasteiger partial charge in [0.15, 0.2) is 6.54 Å². The lowest BCUT2D eigenvalue weighted by molar-refractivity contribution is -0.917. The van der Waals surface area contributed by atoms with Gasteiger partial charge in [-0.25, -0.2) is 4.79 Å². The molecule has 0 spiro atoms. The summed E-state index contributed by atoms with van der Waals surface area (Å²) in [6, 6.07) is 6.00. The van der Waals surface area contributed by atoms with Crippen molar-refractivity contribution in [3.8, 4) is 0 Å². The molecule has 1 aromatic rings. The minimum absolute atomic E-state index is 0.0165. The first-order valence-corrected chi connectivity index (χ1v) is 16.9. The molecule has 0 atom stereocenters. The number of carbonyl (C=O) groups excluding carboxylic acids is 2. The Morgan fingerprint density at radius 1 is 0.659 bits per heavy atom. The average molecular weight is 576 g/mol. The van der Waals surface area contributed by atoms with E-state index in [1.165, 1.54) is 89.9 Å².